The third-order valence-corrected chi connectivity index (χ3v) is 6.79. The molecule has 1 atom stereocenters. The van der Waals surface area contributed by atoms with E-state index in [0.29, 0.717) is 5.92 Å². The van der Waals surface area contributed by atoms with E-state index in [2.05, 4.69) is 44.8 Å². The van der Waals surface area contributed by atoms with Gasteiger partial charge >= 0.3 is 0 Å². The van der Waals surface area contributed by atoms with E-state index >= 15 is 0 Å². The highest BCUT2D eigenvalue weighted by molar-refractivity contribution is 9.12. The Bertz CT molecular complexity index is 397. The molecule has 1 nitrogen and oxygen atoms in total. The fourth-order valence-electron chi connectivity index (χ4n) is 3.16. The maximum absolute atomic E-state index is 6.49. The van der Waals surface area contributed by atoms with E-state index in [1.807, 2.05) is 0 Å². The first kappa shape index (κ1) is 16.0. The zero-order valence-corrected chi connectivity index (χ0v) is 15.5. The first-order valence-electron chi connectivity index (χ1n) is 7.32. The van der Waals surface area contributed by atoms with Crippen LogP contribution in [0.5, 0.6) is 0 Å². The highest BCUT2D eigenvalue weighted by atomic mass is 79.9. The van der Waals surface area contributed by atoms with Crippen LogP contribution < -0.4 is 5.73 Å². The van der Waals surface area contributed by atoms with Crippen molar-refractivity contribution >= 4 is 43.2 Å². The minimum atomic E-state index is 0.198. The minimum Gasteiger partial charge on any atom is -0.324 e. The van der Waals surface area contributed by atoms with E-state index in [-0.39, 0.29) is 6.04 Å². The van der Waals surface area contributed by atoms with Gasteiger partial charge in [-0.25, -0.2) is 0 Å². The van der Waals surface area contributed by atoms with Crippen molar-refractivity contribution in [2.24, 2.45) is 17.6 Å². The predicted octanol–water partition coefficient (Wildman–Crippen LogP) is 6.27. The van der Waals surface area contributed by atoms with Gasteiger partial charge < -0.3 is 5.73 Å². The van der Waals surface area contributed by atoms with Crippen molar-refractivity contribution in [3.63, 3.8) is 0 Å². The van der Waals surface area contributed by atoms with Crippen molar-refractivity contribution in [3.8, 4) is 0 Å². The summed E-state index contributed by atoms with van der Waals surface area (Å²) >= 11 is 8.91. The van der Waals surface area contributed by atoms with Crippen LogP contribution >= 0.6 is 43.2 Å². The molecule has 1 aromatic rings. The van der Waals surface area contributed by atoms with Gasteiger partial charge in [0.25, 0.3) is 0 Å². The summed E-state index contributed by atoms with van der Waals surface area (Å²) in [6.07, 6.45) is 9.50. The smallest absolute Gasteiger partial charge is 0.0758 e. The van der Waals surface area contributed by atoms with Gasteiger partial charge in [0, 0.05) is 6.04 Å². The van der Waals surface area contributed by atoms with Crippen LogP contribution in [0.4, 0.5) is 0 Å². The predicted molar refractivity (Wildman–Crippen MR) is 91.6 cm³/mol. The Morgan fingerprint density at radius 3 is 2.53 bits per heavy atom. The average molecular weight is 409 g/mol. The minimum absolute atomic E-state index is 0.198. The Morgan fingerprint density at radius 1 is 1.32 bits per heavy atom. The standard InChI is InChI=1S/C15H23Br2NS/c1-2-3-4-10-5-7-11(8-6-10)14(18)12-9-13(16)19-15(12)17/h9-11,14H,2-8,18H2,1H3. The van der Waals surface area contributed by atoms with E-state index in [4.69, 9.17) is 5.73 Å². The van der Waals surface area contributed by atoms with Crippen LogP contribution in [0.1, 0.15) is 63.5 Å². The third kappa shape index (κ3) is 4.29. The molecule has 19 heavy (non-hydrogen) atoms. The van der Waals surface area contributed by atoms with Crippen LogP contribution in [-0.2, 0) is 0 Å². The molecule has 0 amide bonds. The van der Waals surface area contributed by atoms with E-state index in [0.717, 1.165) is 5.92 Å². The van der Waals surface area contributed by atoms with E-state index in [1.54, 1.807) is 11.3 Å². The summed E-state index contributed by atoms with van der Waals surface area (Å²) in [6, 6.07) is 2.38. The second kappa shape index (κ2) is 7.58. The Labute approximate surface area is 137 Å². The summed E-state index contributed by atoms with van der Waals surface area (Å²) in [7, 11) is 0. The lowest BCUT2D eigenvalue weighted by Crippen LogP contribution is -2.26. The lowest BCUT2D eigenvalue weighted by atomic mass is 9.76. The van der Waals surface area contributed by atoms with Gasteiger partial charge in [-0.05, 0) is 68.2 Å². The Kier molecular flexibility index (Phi) is 6.38. The lowest BCUT2D eigenvalue weighted by molar-refractivity contribution is 0.232. The molecule has 0 bridgehead atoms. The van der Waals surface area contributed by atoms with Crippen molar-refractivity contribution in [1.82, 2.24) is 0 Å². The summed E-state index contributed by atoms with van der Waals surface area (Å²) in [6.45, 7) is 2.29. The second-order valence-corrected chi connectivity index (χ2v) is 9.48. The number of hydrogen-bond acceptors (Lipinski definition) is 2. The number of hydrogen-bond donors (Lipinski definition) is 1. The molecule has 1 unspecified atom stereocenters. The summed E-state index contributed by atoms with van der Waals surface area (Å²) in [5.41, 5.74) is 7.77. The number of nitrogens with two attached hydrogens (primary N) is 1. The number of thiophene rings is 1. The number of unbranched alkanes of at least 4 members (excludes halogenated alkanes) is 1. The van der Waals surface area contributed by atoms with Gasteiger partial charge in [0.1, 0.15) is 0 Å². The molecule has 1 aromatic heterocycles. The molecule has 108 valence electrons. The van der Waals surface area contributed by atoms with Crippen molar-refractivity contribution in [2.75, 3.05) is 0 Å². The highest BCUT2D eigenvalue weighted by Gasteiger charge is 2.27. The van der Waals surface area contributed by atoms with Gasteiger partial charge in [-0.2, -0.15) is 0 Å². The monoisotopic (exact) mass is 407 g/mol. The summed E-state index contributed by atoms with van der Waals surface area (Å²) < 4.78 is 2.36. The first-order chi connectivity index (χ1) is 9.11. The molecule has 2 rings (SSSR count). The quantitative estimate of drug-likeness (QED) is 0.610. The molecule has 1 saturated carbocycles. The molecule has 0 spiro atoms. The second-order valence-electron chi connectivity index (χ2n) is 5.73. The zero-order valence-electron chi connectivity index (χ0n) is 11.5. The van der Waals surface area contributed by atoms with E-state index in [9.17, 15) is 0 Å². The van der Waals surface area contributed by atoms with Gasteiger partial charge in [0.2, 0.25) is 0 Å². The van der Waals surface area contributed by atoms with Crippen molar-refractivity contribution < 1.29 is 0 Å². The maximum Gasteiger partial charge on any atom is 0.0758 e. The average Bonchev–Trinajstić information content (AvgIpc) is 2.75. The summed E-state index contributed by atoms with van der Waals surface area (Å²) in [4.78, 5) is 0. The van der Waals surface area contributed by atoms with Gasteiger partial charge in [-0.1, -0.05) is 39.0 Å². The van der Waals surface area contributed by atoms with E-state index < -0.39 is 0 Å². The molecule has 1 fully saturated rings. The van der Waals surface area contributed by atoms with Crippen molar-refractivity contribution in [1.29, 1.82) is 0 Å². The molecule has 0 saturated heterocycles. The summed E-state index contributed by atoms with van der Waals surface area (Å²) in [5.74, 6) is 1.62. The SMILES string of the molecule is CCCCC1CCC(C(N)c2cc(Br)sc2Br)CC1. The van der Waals surface area contributed by atoms with Crippen LogP contribution in [0.2, 0.25) is 0 Å². The third-order valence-electron chi connectivity index (χ3n) is 4.41. The van der Waals surface area contributed by atoms with Crippen LogP contribution in [0.15, 0.2) is 13.6 Å². The Balaban J connectivity index is 1.89. The van der Waals surface area contributed by atoms with E-state index in [1.165, 1.54) is 58.1 Å². The van der Waals surface area contributed by atoms with Crippen LogP contribution in [-0.4, -0.2) is 0 Å². The molecule has 1 aliphatic carbocycles. The van der Waals surface area contributed by atoms with Crippen molar-refractivity contribution in [2.45, 2.75) is 57.9 Å². The molecule has 1 heterocycles. The zero-order chi connectivity index (χ0) is 13.8. The normalized spacial score (nSPS) is 25.5. The van der Waals surface area contributed by atoms with Crippen LogP contribution in [0, 0.1) is 11.8 Å². The van der Waals surface area contributed by atoms with Crippen LogP contribution in [0.3, 0.4) is 0 Å². The molecule has 4 heteroatoms. The van der Waals surface area contributed by atoms with Gasteiger partial charge in [-0.3, -0.25) is 0 Å². The summed E-state index contributed by atoms with van der Waals surface area (Å²) in [5, 5.41) is 0. The Morgan fingerprint density at radius 2 is 2.00 bits per heavy atom. The number of rotatable bonds is 5. The topological polar surface area (TPSA) is 26.0 Å². The van der Waals surface area contributed by atoms with Gasteiger partial charge in [0.05, 0.1) is 7.57 Å². The lowest BCUT2D eigenvalue weighted by Gasteiger charge is -2.32. The maximum atomic E-state index is 6.49. The largest absolute Gasteiger partial charge is 0.324 e. The first-order valence-corrected chi connectivity index (χ1v) is 9.72. The fourth-order valence-corrected chi connectivity index (χ4v) is 6.12. The molecule has 0 aromatic carbocycles. The molecule has 0 radical (unpaired) electrons. The van der Waals surface area contributed by atoms with Gasteiger partial charge in [0.15, 0.2) is 0 Å². The van der Waals surface area contributed by atoms with Crippen molar-refractivity contribution in [3.05, 3.63) is 19.2 Å². The molecule has 2 N–H and O–H groups in total. The fraction of sp³-hybridized carbons (Fsp3) is 0.733. The molecule has 0 aliphatic heterocycles. The van der Waals surface area contributed by atoms with Crippen LogP contribution in [0.25, 0.3) is 0 Å². The highest BCUT2D eigenvalue weighted by Crippen LogP contribution is 2.42. The molecule has 1 aliphatic rings. The van der Waals surface area contributed by atoms with Gasteiger partial charge in [-0.15, -0.1) is 11.3 Å². The Hall–Kier alpha value is 0.620. The number of halogens is 2. The molecular formula is C15H23Br2NS. The molecular weight excluding hydrogens is 386 g/mol.